The van der Waals surface area contributed by atoms with E-state index >= 15 is 0 Å². The number of benzene rings is 1. The molecule has 1 spiro atoms. The molecule has 1 saturated heterocycles. The molecule has 1 aliphatic heterocycles. The Morgan fingerprint density at radius 1 is 1.04 bits per heavy atom. The summed E-state index contributed by atoms with van der Waals surface area (Å²) in [6.07, 6.45) is 8.25. The van der Waals surface area contributed by atoms with Crippen LogP contribution in [0.1, 0.15) is 18.4 Å². The monoisotopic (exact) mass is 370 g/mol. The van der Waals surface area contributed by atoms with Crippen LogP contribution in [0.15, 0.2) is 46.0 Å². The van der Waals surface area contributed by atoms with Gasteiger partial charge in [0.25, 0.3) is 11.8 Å². The highest BCUT2D eigenvalue weighted by Crippen LogP contribution is 2.73. The zero-order chi connectivity index (χ0) is 15.8. The van der Waals surface area contributed by atoms with Gasteiger partial charge in [0.05, 0.1) is 18.1 Å². The van der Waals surface area contributed by atoms with Crippen LogP contribution in [0.2, 0.25) is 0 Å². The highest BCUT2D eigenvalue weighted by Gasteiger charge is 2.73. The Bertz CT molecular complexity index is 745. The summed E-state index contributed by atoms with van der Waals surface area (Å²) < 4.78 is 0.981. The van der Waals surface area contributed by atoms with E-state index in [2.05, 4.69) is 33.2 Å². The maximum absolute atomic E-state index is 12.7. The molecule has 2 saturated carbocycles. The minimum atomic E-state index is -0.179. The van der Waals surface area contributed by atoms with Crippen molar-refractivity contribution < 1.29 is 9.59 Å². The zero-order valence-electron chi connectivity index (χ0n) is 12.4. The van der Waals surface area contributed by atoms with Gasteiger partial charge in [-0.3, -0.25) is 9.59 Å². The molecule has 0 radical (unpaired) electrons. The van der Waals surface area contributed by atoms with Crippen molar-refractivity contribution in [3.05, 3.63) is 46.5 Å². The fourth-order valence-corrected chi connectivity index (χ4v) is 5.11. The molecule has 3 aliphatic carbocycles. The maximum atomic E-state index is 12.7. The second kappa shape index (κ2) is 4.41. The highest BCUT2D eigenvalue weighted by molar-refractivity contribution is 9.10. The van der Waals surface area contributed by atoms with E-state index < -0.39 is 0 Å². The third-order valence-electron chi connectivity index (χ3n) is 6.02. The summed E-state index contributed by atoms with van der Waals surface area (Å²) in [5.41, 5.74) is 1.10. The molecule has 1 aromatic carbocycles. The van der Waals surface area contributed by atoms with Crippen LogP contribution >= 0.6 is 15.9 Å². The maximum Gasteiger partial charge on any atom is 0.254 e. The van der Waals surface area contributed by atoms with Gasteiger partial charge in [-0.05, 0) is 47.8 Å². The number of hydrogen-bond acceptors (Lipinski definition) is 3. The van der Waals surface area contributed by atoms with Crippen LogP contribution in [0.5, 0.6) is 0 Å². The predicted molar refractivity (Wildman–Crippen MR) is 88.4 cm³/mol. The SMILES string of the molecule is O=C1C2C(C(=O)N1N=Cc1ccc(Br)cc1)C1C=CC2C12CC2. The van der Waals surface area contributed by atoms with Gasteiger partial charge in [-0.2, -0.15) is 10.1 Å². The van der Waals surface area contributed by atoms with E-state index in [-0.39, 0.29) is 40.9 Å². The number of imide groups is 1. The van der Waals surface area contributed by atoms with Gasteiger partial charge in [0, 0.05) is 4.47 Å². The Morgan fingerprint density at radius 3 is 2.13 bits per heavy atom. The van der Waals surface area contributed by atoms with E-state index in [0.717, 1.165) is 27.9 Å². The normalized spacial score (nSPS) is 35.8. The van der Waals surface area contributed by atoms with Crippen LogP contribution in [0.25, 0.3) is 0 Å². The van der Waals surface area contributed by atoms with Gasteiger partial charge in [0.1, 0.15) is 0 Å². The van der Waals surface area contributed by atoms with Crippen molar-refractivity contribution in [2.45, 2.75) is 12.8 Å². The van der Waals surface area contributed by atoms with Gasteiger partial charge in [-0.1, -0.05) is 40.2 Å². The van der Waals surface area contributed by atoms with Crippen molar-refractivity contribution in [3.8, 4) is 0 Å². The smallest absolute Gasteiger partial charge is 0.254 e. The van der Waals surface area contributed by atoms with E-state index in [9.17, 15) is 9.59 Å². The number of allylic oxidation sites excluding steroid dienone is 2. The summed E-state index contributed by atoms with van der Waals surface area (Å²) in [7, 11) is 0. The third-order valence-corrected chi connectivity index (χ3v) is 6.55. The minimum Gasteiger partial charge on any atom is -0.272 e. The summed E-state index contributed by atoms with van der Waals surface area (Å²) in [5, 5.41) is 5.31. The standard InChI is InChI=1S/C18H15BrN2O2/c19-11-3-1-10(2-4-11)9-20-21-16(22)14-12-5-6-13(15(14)17(21)23)18(12)7-8-18/h1-6,9,12-15H,7-8H2. The minimum absolute atomic E-state index is 0.114. The first-order valence-electron chi connectivity index (χ1n) is 7.97. The molecule has 2 bridgehead atoms. The Morgan fingerprint density at radius 2 is 1.61 bits per heavy atom. The molecule has 1 aromatic rings. The van der Waals surface area contributed by atoms with Crippen LogP contribution in [0, 0.1) is 29.1 Å². The largest absolute Gasteiger partial charge is 0.272 e. The Kier molecular flexibility index (Phi) is 2.62. The van der Waals surface area contributed by atoms with Gasteiger partial charge < -0.3 is 0 Å². The van der Waals surface area contributed by atoms with Crippen molar-refractivity contribution in [2.24, 2.45) is 34.2 Å². The number of carbonyl (C=O) groups excluding carboxylic acids is 2. The van der Waals surface area contributed by atoms with E-state index in [1.54, 1.807) is 6.21 Å². The van der Waals surface area contributed by atoms with E-state index in [1.807, 2.05) is 24.3 Å². The summed E-state index contributed by atoms with van der Waals surface area (Å²) in [6.45, 7) is 0. The number of rotatable bonds is 2. The predicted octanol–water partition coefficient (Wildman–Crippen LogP) is 2.98. The van der Waals surface area contributed by atoms with Gasteiger partial charge >= 0.3 is 0 Å². The Hall–Kier alpha value is -1.75. The van der Waals surface area contributed by atoms with Crippen LogP contribution in [-0.4, -0.2) is 23.0 Å². The zero-order valence-corrected chi connectivity index (χ0v) is 13.9. The number of hydrazone groups is 1. The lowest BCUT2D eigenvalue weighted by molar-refractivity contribution is -0.141. The average molecular weight is 371 g/mol. The van der Waals surface area contributed by atoms with Crippen molar-refractivity contribution in [1.29, 1.82) is 0 Å². The first kappa shape index (κ1) is 13.7. The summed E-state index contributed by atoms with van der Waals surface area (Å²) in [5.74, 6) is -0.0826. The van der Waals surface area contributed by atoms with Crippen molar-refractivity contribution in [1.82, 2.24) is 5.01 Å². The fourth-order valence-electron chi connectivity index (χ4n) is 4.85. The van der Waals surface area contributed by atoms with Crippen LogP contribution < -0.4 is 0 Å². The lowest BCUT2D eigenvalue weighted by atomic mass is 9.85. The lowest BCUT2D eigenvalue weighted by Gasteiger charge is -2.18. The molecule has 2 amide bonds. The molecule has 1 heterocycles. The average Bonchev–Trinajstić information content (AvgIpc) is 3.15. The quantitative estimate of drug-likeness (QED) is 0.456. The van der Waals surface area contributed by atoms with E-state index in [4.69, 9.17) is 0 Å². The lowest BCUT2D eigenvalue weighted by Crippen LogP contribution is -2.30. The van der Waals surface area contributed by atoms with Gasteiger partial charge in [0.2, 0.25) is 0 Å². The molecular formula is C18H15BrN2O2. The molecule has 4 unspecified atom stereocenters. The molecule has 5 heteroatoms. The number of halogens is 1. The molecule has 4 nitrogen and oxygen atoms in total. The van der Waals surface area contributed by atoms with Crippen LogP contribution in [-0.2, 0) is 9.59 Å². The molecule has 3 fully saturated rings. The van der Waals surface area contributed by atoms with Gasteiger partial charge in [-0.15, -0.1) is 0 Å². The molecule has 23 heavy (non-hydrogen) atoms. The number of fused-ring (bicyclic) bond motifs is 3. The third kappa shape index (κ3) is 1.69. The van der Waals surface area contributed by atoms with Crippen molar-refractivity contribution in [2.75, 3.05) is 0 Å². The van der Waals surface area contributed by atoms with Crippen LogP contribution in [0.4, 0.5) is 0 Å². The van der Waals surface area contributed by atoms with Gasteiger partial charge in [0.15, 0.2) is 0 Å². The summed E-state index contributed by atoms with van der Waals surface area (Å²) in [6, 6.07) is 7.60. The Balaban J connectivity index is 1.43. The van der Waals surface area contributed by atoms with Crippen LogP contribution in [0.3, 0.4) is 0 Å². The number of carbonyl (C=O) groups is 2. The second-order valence-electron chi connectivity index (χ2n) is 7.01. The Labute approximate surface area is 142 Å². The summed E-state index contributed by atoms with van der Waals surface area (Å²) >= 11 is 3.38. The van der Waals surface area contributed by atoms with Crippen molar-refractivity contribution in [3.63, 3.8) is 0 Å². The molecule has 4 atom stereocenters. The topological polar surface area (TPSA) is 49.7 Å². The summed E-state index contributed by atoms with van der Waals surface area (Å²) in [4.78, 5) is 25.5. The molecule has 4 aliphatic rings. The molecular weight excluding hydrogens is 356 g/mol. The van der Waals surface area contributed by atoms with E-state index in [0.29, 0.717) is 0 Å². The first-order valence-corrected chi connectivity index (χ1v) is 8.77. The number of nitrogens with zero attached hydrogens (tertiary/aromatic N) is 2. The molecule has 5 rings (SSSR count). The highest BCUT2D eigenvalue weighted by atomic mass is 79.9. The van der Waals surface area contributed by atoms with Crippen molar-refractivity contribution >= 4 is 34.0 Å². The first-order chi connectivity index (χ1) is 11.1. The molecule has 0 N–H and O–H groups in total. The fraction of sp³-hybridized carbons (Fsp3) is 0.389. The number of amides is 2. The number of hydrogen-bond donors (Lipinski definition) is 0. The van der Waals surface area contributed by atoms with Gasteiger partial charge in [-0.25, -0.2) is 0 Å². The second-order valence-corrected chi connectivity index (χ2v) is 7.92. The molecule has 0 aromatic heterocycles. The van der Waals surface area contributed by atoms with E-state index in [1.165, 1.54) is 0 Å². The molecule has 116 valence electrons.